The Morgan fingerprint density at radius 1 is 1.06 bits per heavy atom. The van der Waals surface area contributed by atoms with Crippen molar-refractivity contribution in [3.8, 4) is 22.6 Å². The molecule has 3 rings (SSSR count). The molecule has 2 heteroatoms. The Labute approximate surface area is 106 Å². The second-order valence-electron chi connectivity index (χ2n) is 4.31. The van der Waals surface area contributed by atoms with Gasteiger partial charge >= 0.3 is 0 Å². The maximum absolute atomic E-state index is 5.44. The van der Waals surface area contributed by atoms with Gasteiger partial charge in [-0.25, -0.2) is 0 Å². The molecule has 0 saturated carbocycles. The standard InChI is InChI=1S/C16H14O2/c1-3-12-8-15-16(18-10-17-15)9-14(12)13-7-5-4-6-11(13)2/h3-9H,1,10H2,2H3. The van der Waals surface area contributed by atoms with Gasteiger partial charge in [0.15, 0.2) is 11.5 Å². The minimum Gasteiger partial charge on any atom is -0.454 e. The van der Waals surface area contributed by atoms with E-state index in [1.54, 1.807) is 0 Å². The molecule has 18 heavy (non-hydrogen) atoms. The molecule has 0 amide bonds. The average molecular weight is 238 g/mol. The molecule has 0 aromatic heterocycles. The van der Waals surface area contributed by atoms with Gasteiger partial charge in [0.05, 0.1) is 0 Å². The number of rotatable bonds is 2. The van der Waals surface area contributed by atoms with Gasteiger partial charge in [-0.2, -0.15) is 0 Å². The quantitative estimate of drug-likeness (QED) is 0.786. The molecule has 2 aromatic rings. The molecule has 0 fully saturated rings. The second-order valence-corrected chi connectivity index (χ2v) is 4.31. The van der Waals surface area contributed by atoms with Gasteiger partial charge in [-0.05, 0) is 41.3 Å². The van der Waals surface area contributed by atoms with Crippen LogP contribution in [0.4, 0.5) is 0 Å². The molecule has 0 radical (unpaired) electrons. The van der Waals surface area contributed by atoms with Crippen molar-refractivity contribution in [2.24, 2.45) is 0 Å². The Kier molecular flexibility index (Phi) is 2.56. The van der Waals surface area contributed by atoms with E-state index in [2.05, 4.69) is 25.6 Å². The van der Waals surface area contributed by atoms with Gasteiger partial charge in [0.2, 0.25) is 6.79 Å². The van der Waals surface area contributed by atoms with Crippen molar-refractivity contribution in [1.82, 2.24) is 0 Å². The summed E-state index contributed by atoms with van der Waals surface area (Å²) in [6.45, 7) is 6.27. The van der Waals surface area contributed by atoms with E-state index in [9.17, 15) is 0 Å². The lowest BCUT2D eigenvalue weighted by molar-refractivity contribution is 0.174. The SMILES string of the molecule is C=Cc1cc2c(cc1-c1ccccc1C)OCO2. The van der Waals surface area contributed by atoms with E-state index < -0.39 is 0 Å². The summed E-state index contributed by atoms with van der Waals surface area (Å²) >= 11 is 0. The van der Waals surface area contributed by atoms with E-state index in [0.717, 1.165) is 22.6 Å². The molecule has 0 atom stereocenters. The molecule has 1 aliphatic heterocycles. The van der Waals surface area contributed by atoms with Crippen LogP contribution in [-0.2, 0) is 0 Å². The summed E-state index contributed by atoms with van der Waals surface area (Å²) in [5, 5.41) is 0. The Balaban J connectivity index is 2.23. The first kappa shape index (κ1) is 10.9. The normalized spacial score (nSPS) is 12.5. The maximum atomic E-state index is 5.44. The van der Waals surface area contributed by atoms with Crippen LogP contribution in [0, 0.1) is 6.92 Å². The van der Waals surface area contributed by atoms with Crippen LogP contribution in [0.15, 0.2) is 43.0 Å². The Morgan fingerprint density at radius 3 is 2.50 bits per heavy atom. The molecule has 0 aliphatic carbocycles. The number of ether oxygens (including phenoxy) is 2. The molecule has 1 aliphatic rings. The number of benzene rings is 2. The zero-order valence-corrected chi connectivity index (χ0v) is 10.3. The molecule has 0 bridgehead atoms. The zero-order chi connectivity index (χ0) is 12.5. The fraction of sp³-hybridized carbons (Fsp3) is 0.125. The molecule has 2 aromatic carbocycles. The number of fused-ring (bicyclic) bond motifs is 1. The van der Waals surface area contributed by atoms with Crippen LogP contribution in [0.5, 0.6) is 11.5 Å². The van der Waals surface area contributed by atoms with Crippen LogP contribution in [0.25, 0.3) is 17.2 Å². The van der Waals surface area contributed by atoms with E-state index in [4.69, 9.17) is 9.47 Å². The van der Waals surface area contributed by atoms with Crippen molar-refractivity contribution in [3.05, 3.63) is 54.1 Å². The highest BCUT2D eigenvalue weighted by Crippen LogP contribution is 2.39. The first-order chi connectivity index (χ1) is 8.79. The van der Waals surface area contributed by atoms with E-state index in [1.807, 2.05) is 30.3 Å². The highest BCUT2D eigenvalue weighted by atomic mass is 16.7. The van der Waals surface area contributed by atoms with Gasteiger partial charge < -0.3 is 9.47 Å². The van der Waals surface area contributed by atoms with Crippen molar-refractivity contribution in [2.45, 2.75) is 6.92 Å². The van der Waals surface area contributed by atoms with Gasteiger partial charge in [-0.3, -0.25) is 0 Å². The van der Waals surface area contributed by atoms with Crippen molar-refractivity contribution in [1.29, 1.82) is 0 Å². The summed E-state index contributed by atoms with van der Waals surface area (Å²) < 4.78 is 10.8. The van der Waals surface area contributed by atoms with Crippen LogP contribution in [0.2, 0.25) is 0 Å². The first-order valence-corrected chi connectivity index (χ1v) is 5.91. The highest BCUT2D eigenvalue weighted by molar-refractivity contribution is 5.79. The van der Waals surface area contributed by atoms with Crippen molar-refractivity contribution >= 4 is 6.08 Å². The van der Waals surface area contributed by atoms with Crippen molar-refractivity contribution in [2.75, 3.05) is 6.79 Å². The molecule has 1 heterocycles. The molecule has 0 N–H and O–H groups in total. The van der Waals surface area contributed by atoms with Crippen molar-refractivity contribution < 1.29 is 9.47 Å². The fourth-order valence-corrected chi connectivity index (χ4v) is 2.23. The molecule has 0 unspecified atom stereocenters. The summed E-state index contributed by atoms with van der Waals surface area (Å²) in [5.74, 6) is 1.60. The Bertz CT molecular complexity index is 614. The summed E-state index contributed by atoms with van der Waals surface area (Å²) in [4.78, 5) is 0. The van der Waals surface area contributed by atoms with Crippen LogP contribution < -0.4 is 9.47 Å². The van der Waals surface area contributed by atoms with E-state index in [0.29, 0.717) is 6.79 Å². The highest BCUT2D eigenvalue weighted by Gasteiger charge is 2.17. The smallest absolute Gasteiger partial charge is 0.231 e. The summed E-state index contributed by atoms with van der Waals surface area (Å²) in [6.07, 6.45) is 1.85. The third-order valence-electron chi connectivity index (χ3n) is 3.20. The van der Waals surface area contributed by atoms with Crippen molar-refractivity contribution in [3.63, 3.8) is 0 Å². The Morgan fingerprint density at radius 2 is 1.78 bits per heavy atom. The van der Waals surface area contributed by atoms with Gasteiger partial charge in [-0.15, -0.1) is 0 Å². The summed E-state index contributed by atoms with van der Waals surface area (Å²) in [7, 11) is 0. The summed E-state index contributed by atoms with van der Waals surface area (Å²) in [5.41, 5.74) is 4.63. The van der Waals surface area contributed by atoms with Gasteiger partial charge in [0, 0.05) is 0 Å². The van der Waals surface area contributed by atoms with E-state index in [1.165, 1.54) is 11.1 Å². The van der Waals surface area contributed by atoms with Gasteiger partial charge in [0.1, 0.15) is 0 Å². The minimum absolute atomic E-state index is 0.295. The second kappa shape index (κ2) is 4.22. The molecule has 0 spiro atoms. The van der Waals surface area contributed by atoms with Crippen LogP contribution in [0.1, 0.15) is 11.1 Å². The largest absolute Gasteiger partial charge is 0.454 e. The lowest BCUT2D eigenvalue weighted by Crippen LogP contribution is -1.92. The third-order valence-corrected chi connectivity index (χ3v) is 3.20. The fourth-order valence-electron chi connectivity index (χ4n) is 2.23. The molecular weight excluding hydrogens is 224 g/mol. The first-order valence-electron chi connectivity index (χ1n) is 5.91. The predicted molar refractivity (Wildman–Crippen MR) is 72.8 cm³/mol. The lowest BCUT2D eigenvalue weighted by Gasteiger charge is -2.10. The van der Waals surface area contributed by atoms with Gasteiger partial charge in [-0.1, -0.05) is 36.9 Å². The number of hydrogen-bond acceptors (Lipinski definition) is 2. The summed E-state index contributed by atoms with van der Waals surface area (Å²) in [6, 6.07) is 12.3. The van der Waals surface area contributed by atoms with E-state index in [-0.39, 0.29) is 0 Å². The average Bonchev–Trinajstić information content (AvgIpc) is 2.85. The van der Waals surface area contributed by atoms with Crippen LogP contribution in [-0.4, -0.2) is 6.79 Å². The van der Waals surface area contributed by atoms with Crippen LogP contribution >= 0.6 is 0 Å². The van der Waals surface area contributed by atoms with E-state index >= 15 is 0 Å². The third kappa shape index (κ3) is 1.66. The van der Waals surface area contributed by atoms with Gasteiger partial charge in [0.25, 0.3) is 0 Å². The molecular formula is C16H14O2. The molecule has 0 saturated heterocycles. The molecule has 90 valence electrons. The topological polar surface area (TPSA) is 18.5 Å². The lowest BCUT2D eigenvalue weighted by atomic mass is 9.95. The minimum atomic E-state index is 0.295. The monoisotopic (exact) mass is 238 g/mol. The number of aryl methyl sites for hydroxylation is 1. The molecule has 2 nitrogen and oxygen atoms in total. The Hall–Kier alpha value is -2.22. The predicted octanol–water partition coefficient (Wildman–Crippen LogP) is 4.03. The maximum Gasteiger partial charge on any atom is 0.231 e. The van der Waals surface area contributed by atoms with Crippen LogP contribution in [0.3, 0.4) is 0 Å². The zero-order valence-electron chi connectivity index (χ0n) is 10.3. The number of hydrogen-bond donors (Lipinski definition) is 0.